The molecule has 1 saturated heterocycles. The third-order valence-corrected chi connectivity index (χ3v) is 7.31. The zero-order valence-electron chi connectivity index (χ0n) is 15.7. The van der Waals surface area contributed by atoms with Crippen molar-refractivity contribution >= 4 is 15.9 Å². The fraction of sp³-hybridized carbons (Fsp3) is 0.368. The van der Waals surface area contributed by atoms with Gasteiger partial charge in [-0.2, -0.15) is 17.5 Å². The Morgan fingerprint density at radius 3 is 2.55 bits per heavy atom. The van der Waals surface area contributed by atoms with Crippen LogP contribution in [0.5, 0.6) is 0 Å². The van der Waals surface area contributed by atoms with E-state index in [4.69, 9.17) is 0 Å². The lowest BCUT2D eigenvalue weighted by molar-refractivity contribution is -0.137. The summed E-state index contributed by atoms with van der Waals surface area (Å²) in [6, 6.07) is 7.09. The highest BCUT2D eigenvalue weighted by molar-refractivity contribution is 7.89. The van der Waals surface area contributed by atoms with Crippen molar-refractivity contribution in [3.05, 3.63) is 58.9 Å². The molecule has 4 rings (SSSR count). The number of aryl methyl sites for hydroxylation is 1. The maximum atomic E-state index is 13.1. The second-order valence-electron chi connectivity index (χ2n) is 7.44. The molecule has 2 aliphatic heterocycles. The summed E-state index contributed by atoms with van der Waals surface area (Å²) in [5.41, 5.74) is -0.395. The van der Waals surface area contributed by atoms with E-state index in [1.165, 1.54) is 0 Å². The average Bonchev–Trinajstić information content (AvgIpc) is 2.87. The number of hydrogen-bond donors (Lipinski definition) is 0. The van der Waals surface area contributed by atoms with Crippen LogP contribution in [0.4, 0.5) is 13.2 Å². The summed E-state index contributed by atoms with van der Waals surface area (Å²) < 4.78 is 66.4. The van der Waals surface area contributed by atoms with Crippen LogP contribution >= 0.6 is 0 Å². The average molecular weight is 425 g/mol. The van der Waals surface area contributed by atoms with Crippen LogP contribution in [0.25, 0.3) is 0 Å². The molecule has 6 nitrogen and oxygen atoms in total. The molecular weight excluding hydrogens is 407 g/mol. The monoisotopic (exact) mass is 425 g/mol. The summed E-state index contributed by atoms with van der Waals surface area (Å²) in [5.74, 6) is -0.217. The molecule has 1 unspecified atom stereocenters. The first-order valence-electron chi connectivity index (χ1n) is 8.92. The van der Waals surface area contributed by atoms with Crippen LogP contribution in [0, 0.1) is 6.92 Å². The van der Waals surface area contributed by atoms with Gasteiger partial charge in [0.2, 0.25) is 10.0 Å². The molecule has 1 fully saturated rings. The molecule has 0 radical (unpaired) electrons. The van der Waals surface area contributed by atoms with Gasteiger partial charge in [0.25, 0.3) is 5.91 Å². The highest BCUT2D eigenvalue weighted by Gasteiger charge is 2.52. The van der Waals surface area contributed by atoms with Crippen LogP contribution in [0.3, 0.4) is 0 Å². The predicted octanol–water partition coefficient (Wildman–Crippen LogP) is 2.78. The Morgan fingerprint density at radius 2 is 1.86 bits per heavy atom. The van der Waals surface area contributed by atoms with E-state index in [9.17, 15) is 26.4 Å². The maximum absolute atomic E-state index is 13.1. The zero-order valence-corrected chi connectivity index (χ0v) is 16.5. The molecule has 2 aromatic rings. The first kappa shape index (κ1) is 19.8. The van der Waals surface area contributed by atoms with Gasteiger partial charge in [-0.3, -0.25) is 9.78 Å². The highest BCUT2D eigenvalue weighted by Crippen LogP contribution is 2.41. The lowest BCUT2D eigenvalue weighted by atomic mass is 9.95. The van der Waals surface area contributed by atoms with E-state index in [1.54, 1.807) is 30.9 Å². The first-order valence-corrected chi connectivity index (χ1v) is 10.4. The van der Waals surface area contributed by atoms with Crippen molar-refractivity contribution in [3.63, 3.8) is 0 Å². The number of hydrogen-bond acceptors (Lipinski definition) is 4. The van der Waals surface area contributed by atoms with Crippen molar-refractivity contribution in [1.82, 2.24) is 14.2 Å². The number of rotatable bonds is 2. The van der Waals surface area contributed by atoms with Crippen LogP contribution in [-0.2, 0) is 21.7 Å². The molecule has 29 heavy (non-hydrogen) atoms. The number of carbonyl (C=O) groups excluding carboxylic acids is 1. The minimum absolute atomic E-state index is 0.00706. The van der Waals surface area contributed by atoms with Crippen LogP contribution in [0.2, 0.25) is 0 Å². The summed E-state index contributed by atoms with van der Waals surface area (Å²) >= 11 is 0. The van der Waals surface area contributed by atoms with E-state index in [-0.39, 0.29) is 25.5 Å². The molecule has 10 heteroatoms. The smallest absolute Gasteiger partial charge is 0.325 e. The molecule has 0 N–H and O–H groups in total. The van der Waals surface area contributed by atoms with Gasteiger partial charge in [-0.05, 0) is 44.2 Å². The van der Waals surface area contributed by atoms with Crippen molar-refractivity contribution < 1.29 is 26.4 Å². The van der Waals surface area contributed by atoms with E-state index in [1.807, 2.05) is 0 Å². The maximum Gasteiger partial charge on any atom is 0.416 e. The van der Waals surface area contributed by atoms with E-state index in [0.29, 0.717) is 23.0 Å². The van der Waals surface area contributed by atoms with Gasteiger partial charge in [-0.1, -0.05) is 6.07 Å². The molecule has 0 saturated carbocycles. The Morgan fingerprint density at radius 1 is 1.14 bits per heavy atom. The SMILES string of the molecule is Cc1ccc2c(n1)C1(C)CN(S(=O)(=O)c3cccc(C(F)(F)F)c3)CCN1C2=O. The Bertz CT molecular complexity index is 1120. The van der Waals surface area contributed by atoms with Gasteiger partial charge in [0.15, 0.2) is 0 Å². The fourth-order valence-corrected chi connectivity index (χ4v) is 5.53. The summed E-state index contributed by atoms with van der Waals surface area (Å²) in [6.07, 6.45) is -4.64. The van der Waals surface area contributed by atoms with Crippen LogP contribution in [0.1, 0.15) is 34.2 Å². The number of piperazine rings is 1. The highest BCUT2D eigenvalue weighted by atomic mass is 32.2. The number of amides is 1. The predicted molar refractivity (Wildman–Crippen MR) is 97.6 cm³/mol. The summed E-state index contributed by atoms with van der Waals surface area (Å²) in [7, 11) is -4.18. The summed E-state index contributed by atoms with van der Waals surface area (Å²) in [6.45, 7) is 3.55. The first-order chi connectivity index (χ1) is 13.4. The number of nitrogens with zero attached hydrogens (tertiary/aromatic N) is 3. The Kier molecular flexibility index (Phi) is 4.29. The molecule has 0 spiro atoms. The number of pyridine rings is 1. The van der Waals surface area contributed by atoms with Gasteiger partial charge in [-0.15, -0.1) is 0 Å². The summed E-state index contributed by atoms with van der Waals surface area (Å²) in [4.78, 5) is 18.3. The van der Waals surface area contributed by atoms with E-state index in [2.05, 4.69) is 4.98 Å². The van der Waals surface area contributed by atoms with Crippen molar-refractivity contribution in [3.8, 4) is 0 Å². The molecule has 3 heterocycles. The minimum Gasteiger partial charge on any atom is -0.325 e. The van der Waals surface area contributed by atoms with Gasteiger partial charge >= 0.3 is 6.18 Å². The lowest BCUT2D eigenvalue weighted by Crippen LogP contribution is -2.58. The van der Waals surface area contributed by atoms with E-state index in [0.717, 1.165) is 22.5 Å². The lowest BCUT2D eigenvalue weighted by Gasteiger charge is -2.44. The Labute approximate surface area is 166 Å². The Hall–Kier alpha value is -2.46. The molecule has 1 amide bonds. The van der Waals surface area contributed by atoms with Gasteiger partial charge in [0, 0.05) is 25.3 Å². The van der Waals surface area contributed by atoms with Crippen LogP contribution in [-0.4, -0.2) is 48.1 Å². The van der Waals surface area contributed by atoms with Crippen molar-refractivity contribution in [2.24, 2.45) is 0 Å². The molecule has 2 aliphatic rings. The number of sulfonamides is 1. The number of fused-ring (bicyclic) bond motifs is 3. The summed E-state index contributed by atoms with van der Waals surface area (Å²) in [5, 5.41) is 0. The molecule has 0 aliphatic carbocycles. The largest absolute Gasteiger partial charge is 0.416 e. The van der Waals surface area contributed by atoms with Crippen LogP contribution in [0.15, 0.2) is 41.3 Å². The normalized spacial score (nSPS) is 22.5. The third-order valence-electron chi connectivity index (χ3n) is 5.47. The zero-order chi connectivity index (χ0) is 21.2. The molecule has 154 valence electrons. The van der Waals surface area contributed by atoms with Crippen molar-refractivity contribution in [1.29, 1.82) is 0 Å². The quantitative estimate of drug-likeness (QED) is 0.742. The third kappa shape index (κ3) is 3.01. The number of carbonyl (C=O) groups is 1. The minimum atomic E-state index is -4.64. The molecule has 0 bridgehead atoms. The van der Waals surface area contributed by atoms with Gasteiger partial charge in [-0.25, -0.2) is 8.42 Å². The fourth-order valence-electron chi connectivity index (χ4n) is 3.97. The van der Waals surface area contributed by atoms with E-state index >= 15 is 0 Å². The molecule has 1 aromatic carbocycles. The van der Waals surface area contributed by atoms with Gasteiger partial charge in [0.05, 0.1) is 27.3 Å². The topological polar surface area (TPSA) is 70.6 Å². The number of halogens is 3. The van der Waals surface area contributed by atoms with Gasteiger partial charge in [0.1, 0.15) is 0 Å². The number of alkyl halides is 3. The van der Waals surface area contributed by atoms with Gasteiger partial charge < -0.3 is 4.90 Å². The standard InChI is InChI=1S/C19H18F3N3O3S/c1-12-6-7-15-16(23-12)18(2)11-24(8-9-25(18)17(15)26)29(27,28)14-5-3-4-13(10-14)19(20,21)22/h3-7,10H,8-9,11H2,1-2H3. The Balaban J connectivity index is 1.73. The second kappa shape index (κ2) is 6.27. The molecule has 1 aromatic heterocycles. The van der Waals surface area contributed by atoms with E-state index < -0.39 is 32.2 Å². The van der Waals surface area contributed by atoms with Crippen molar-refractivity contribution in [2.45, 2.75) is 30.5 Å². The molecular formula is C19H18F3N3O3S. The molecule has 1 atom stereocenters. The van der Waals surface area contributed by atoms with Crippen molar-refractivity contribution in [2.75, 3.05) is 19.6 Å². The second-order valence-corrected chi connectivity index (χ2v) is 9.38. The van der Waals surface area contributed by atoms with Crippen LogP contribution < -0.4 is 0 Å². The number of benzene rings is 1. The number of aromatic nitrogens is 1.